The second-order valence-electron chi connectivity index (χ2n) is 7.61. The number of nitrogens with zero attached hydrogens (tertiary/aromatic N) is 2. The summed E-state index contributed by atoms with van der Waals surface area (Å²) in [4.78, 5) is 18.9. The summed E-state index contributed by atoms with van der Waals surface area (Å²) in [6.45, 7) is 0.963. The van der Waals surface area contributed by atoms with Gasteiger partial charge < -0.3 is 14.1 Å². The van der Waals surface area contributed by atoms with Gasteiger partial charge in [-0.2, -0.15) is 13.2 Å². The minimum atomic E-state index is -4.38. The van der Waals surface area contributed by atoms with E-state index in [4.69, 9.17) is 9.15 Å². The van der Waals surface area contributed by atoms with Crippen molar-refractivity contribution in [1.29, 1.82) is 0 Å². The van der Waals surface area contributed by atoms with Crippen LogP contribution in [0.5, 0.6) is 5.75 Å². The number of unbranched alkanes of at least 4 members (excludes halogenated alkanes) is 2. The molecule has 0 spiro atoms. The van der Waals surface area contributed by atoms with Crippen molar-refractivity contribution in [2.45, 2.75) is 36.9 Å². The predicted molar refractivity (Wildman–Crippen MR) is 119 cm³/mol. The molecule has 0 saturated heterocycles. The van der Waals surface area contributed by atoms with E-state index in [1.165, 1.54) is 24.6 Å². The fraction of sp³-hybridized carbons (Fsp3) is 0.391. The van der Waals surface area contributed by atoms with E-state index in [9.17, 15) is 18.0 Å². The van der Waals surface area contributed by atoms with Crippen LogP contribution in [0, 0.1) is 0 Å². The van der Waals surface area contributed by atoms with Crippen LogP contribution in [0.15, 0.2) is 56.9 Å². The third-order valence-corrected chi connectivity index (χ3v) is 5.82. The lowest BCUT2D eigenvalue weighted by Gasteiger charge is -2.10. The van der Waals surface area contributed by atoms with Gasteiger partial charge in [0.05, 0.1) is 24.2 Å². The molecule has 2 aromatic heterocycles. The molecular weight excluding hydrogens is 441 g/mol. The van der Waals surface area contributed by atoms with Gasteiger partial charge in [-0.25, -0.2) is 0 Å². The van der Waals surface area contributed by atoms with E-state index < -0.39 is 11.7 Å². The molecule has 0 saturated carbocycles. The van der Waals surface area contributed by atoms with E-state index in [0.29, 0.717) is 24.4 Å². The Balaban J connectivity index is 1.42. The second-order valence-corrected chi connectivity index (χ2v) is 8.75. The molecule has 0 aliphatic heterocycles. The van der Waals surface area contributed by atoms with Gasteiger partial charge in [-0.3, -0.25) is 9.78 Å². The van der Waals surface area contributed by atoms with Crippen molar-refractivity contribution >= 4 is 22.7 Å². The molecule has 0 N–H and O–H groups in total. The Kier molecular flexibility index (Phi) is 8.20. The quantitative estimate of drug-likeness (QED) is 0.286. The molecule has 32 heavy (non-hydrogen) atoms. The van der Waals surface area contributed by atoms with E-state index >= 15 is 0 Å². The molecule has 2 heterocycles. The Morgan fingerprint density at radius 3 is 2.66 bits per heavy atom. The van der Waals surface area contributed by atoms with Crippen LogP contribution in [0.4, 0.5) is 13.2 Å². The Labute approximate surface area is 188 Å². The number of pyridine rings is 1. The maximum atomic E-state index is 12.9. The van der Waals surface area contributed by atoms with Crippen LogP contribution in [-0.2, 0) is 12.7 Å². The number of fused-ring (bicyclic) bond motifs is 1. The molecule has 0 aliphatic rings. The van der Waals surface area contributed by atoms with Crippen LogP contribution in [0.1, 0.15) is 30.6 Å². The predicted octanol–water partition coefficient (Wildman–Crippen LogP) is 5.61. The van der Waals surface area contributed by atoms with Gasteiger partial charge in [-0.1, -0.05) is 6.07 Å². The average molecular weight is 467 g/mol. The van der Waals surface area contributed by atoms with Crippen molar-refractivity contribution < 1.29 is 22.3 Å². The zero-order valence-electron chi connectivity index (χ0n) is 17.9. The van der Waals surface area contributed by atoms with Crippen LogP contribution in [0.25, 0.3) is 10.9 Å². The maximum Gasteiger partial charge on any atom is 0.416 e. The standard InChI is InChI=1S/C23H25F3N2O3S/c1-28(2)14-17-13-20(29)21(15-31-17)30-10-4-3-5-11-32-22-8-9-27-19-12-16(23(24,25)26)6-7-18(19)22/h6-9,12-13,15H,3-5,10-11,14H2,1-2H3. The Morgan fingerprint density at radius 2 is 1.94 bits per heavy atom. The second kappa shape index (κ2) is 10.9. The Morgan fingerprint density at radius 1 is 1.12 bits per heavy atom. The number of alkyl halides is 3. The average Bonchev–Trinajstić information content (AvgIpc) is 2.73. The van der Waals surface area contributed by atoms with Crippen molar-refractivity contribution in [3.8, 4) is 5.75 Å². The molecule has 0 bridgehead atoms. The molecular formula is C23H25F3N2O3S. The zero-order chi connectivity index (χ0) is 23.1. The van der Waals surface area contributed by atoms with Gasteiger partial charge >= 0.3 is 6.18 Å². The maximum absolute atomic E-state index is 12.9. The highest BCUT2D eigenvalue weighted by molar-refractivity contribution is 7.99. The van der Waals surface area contributed by atoms with Crippen molar-refractivity contribution in [3.05, 3.63) is 64.3 Å². The molecule has 3 rings (SSSR count). The van der Waals surface area contributed by atoms with Gasteiger partial charge in [-0.15, -0.1) is 11.8 Å². The van der Waals surface area contributed by atoms with Crippen LogP contribution >= 0.6 is 11.8 Å². The molecule has 0 aliphatic carbocycles. The third-order valence-electron chi connectivity index (χ3n) is 4.66. The Bertz CT molecular complexity index is 1100. The first-order valence-electron chi connectivity index (χ1n) is 10.2. The van der Waals surface area contributed by atoms with Crippen molar-refractivity contribution in [2.75, 3.05) is 26.5 Å². The molecule has 3 aromatic rings. The zero-order valence-corrected chi connectivity index (χ0v) is 18.8. The van der Waals surface area contributed by atoms with Crippen LogP contribution in [-0.4, -0.2) is 36.3 Å². The van der Waals surface area contributed by atoms with Crippen molar-refractivity contribution in [1.82, 2.24) is 9.88 Å². The van der Waals surface area contributed by atoms with Gasteiger partial charge in [0, 0.05) is 22.5 Å². The normalized spacial score (nSPS) is 11.9. The van der Waals surface area contributed by atoms with Crippen molar-refractivity contribution in [2.24, 2.45) is 0 Å². The van der Waals surface area contributed by atoms with Gasteiger partial charge in [-0.05, 0) is 57.3 Å². The lowest BCUT2D eigenvalue weighted by Crippen LogP contribution is -2.14. The van der Waals surface area contributed by atoms with Gasteiger partial charge in [0.25, 0.3) is 0 Å². The topological polar surface area (TPSA) is 55.6 Å². The first-order valence-corrected chi connectivity index (χ1v) is 11.2. The van der Waals surface area contributed by atoms with Crippen LogP contribution in [0.2, 0.25) is 0 Å². The summed E-state index contributed by atoms with van der Waals surface area (Å²) in [7, 11) is 3.78. The molecule has 9 heteroatoms. The smallest absolute Gasteiger partial charge is 0.416 e. The van der Waals surface area contributed by atoms with Crippen LogP contribution in [0.3, 0.4) is 0 Å². The number of thioether (sulfide) groups is 1. The monoisotopic (exact) mass is 466 g/mol. The van der Waals surface area contributed by atoms with E-state index in [1.807, 2.05) is 25.1 Å². The van der Waals surface area contributed by atoms with Crippen molar-refractivity contribution in [3.63, 3.8) is 0 Å². The van der Waals surface area contributed by atoms with E-state index in [2.05, 4.69) is 4.98 Å². The molecule has 0 unspecified atom stereocenters. The van der Waals surface area contributed by atoms with Crippen LogP contribution < -0.4 is 10.2 Å². The highest BCUT2D eigenvalue weighted by Crippen LogP contribution is 2.33. The number of hydrogen-bond donors (Lipinski definition) is 0. The molecule has 0 radical (unpaired) electrons. The van der Waals surface area contributed by atoms with E-state index in [0.717, 1.165) is 47.4 Å². The largest absolute Gasteiger partial charge is 0.487 e. The molecule has 0 amide bonds. The molecule has 1 aromatic carbocycles. The van der Waals surface area contributed by atoms with E-state index in [-0.39, 0.29) is 11.2 Å². The van der Waals surface area contributed by atoms with Gasteiger partial charge in [0.2, 0.25) is 11.2 Å². The first-order chi connectivity index (χ1) is 15.2. The van der Waals surface area contributed by atoms with Gasteiger partial charge in [0.15, 0.2) is 0 Å². The number of aromatic nitrogens is 1. The number of ether oxygens (including phenoxy) is 1. The summed E-state index contributed by atoms with van der Waals surface area (Å²) in [6.07, 6.45) is 1.11. The summed E-state index contributed by atoms with van der Waals surface area (Å²) in [5.74, 6) is 1.62. The minimum absolute atomic E-state index is 0.193. The highest BCUT2D eigenvalue weighted by atomic mass is 32.2. The fourth-order valence-electron chi connectivity index (χ4n) is 3.11. The molecule has 0 fully saturated rings. The Hall–Kier alpha value is -2.52. The molecule has 5 nitrogen and oxygen atoms in total. The number of benzene rings is 1. The minimum Gasteiger partial charge on any atom is -0.487 e. The summed E-state index contributed by atoms with van der Waals surface area (Å²) < 4.78 is 49.6. The number of rotatable bonds is 10. The first kappa shape index (κ1) is 24.1. The fourth-order valence-corrected chi connectivity index (χ4v) is 4.16. The van der Waals surface area contributed by atoms with E-state index in [1.54, 1.807) is 11.8 Å². The molecule has 0 atom stereocenters. The highest BCUT2D eigenvalue weighted by Gasteiger charge is 2.30. The lowest BCUT2D eigenvalue weighted by atomic mass is 10.1. The third kappa shape index (κ3) is 6.74. The summed E-state index contributed by atoms with van der Waals surface area (Å²) >= 11 is 1.60. The summed E-state index contributed by atoms with van der Waals surface area (Å²) in [6, 6.07) is 6.93. The lowest BCUT2D eigenvalue weighted by molar-refractivity contribution is -0.137. The molecule has 172 valence electrons. The number of hydrogen-bond acceptors (Lipinski definition) is 6. The summed E-state index contributed by atoms with van der Waals surface area (Å²) in [5, 5.41) is 0.721. The van der Waals surface area contributed by atoms with Gasteiger partial charge in [0.1, 0.15) is 12.0 Å². The SMILES string of the molecule is CN(C)Cc1cc(=O)c(OCCCCCSc2ccnc3cc(C(F)(F)F)ccc23)co1. The number of halogens is 3. The summed E-state index contributed by atoms with van der Waals surface area (Å²) in [5.41, 5.74) is -0.545.